The lowest BCUT2D eigenvalue weighted by Crippen LogP contribution is -2.38. The summed E-state index contributed by atoms with van der Waals surface area (Å²) in [6, 6.07) is 12.4. The summed E-state index contributed by atoms with van der Waals surface area (Å²) in [4.78, 5) is 0.231. The first-order valence-corrected chi connectivity index (χ1v) is 7.48. The molecular formula is C14H17NO3S. The van der Waals surface area contributed by atoms with E-state index in [0.29, 0.717) is 5.39 Å². The van der Waals surface area contributed by atoms with Gasteiger partial charge >= 0.3 is 0 Å². The first kappa shape index (κ1) is 14.0. The van der Waals surface area contributed by atoms with Gasteiger partial charge in [-0.2, -0.15) is 0 Å². The van der Waals surface area contributed by atoms with Gasteiger partial charge in [0.25, 0.3) is 0 Å². The molecule has 0 aliphatic heterocycles. The van der Waals surface area contributed by atoms with E-state index >= 15 is 0 Å². The van der Waals surface area contributed by atoms with Crippen LogP contribution >= 0.6 is 0 Å². The van der Waals surface area contributed by atoms with Crippen molar-refractivity contribution in [2.24, 2.45) is 0 Å². The average molecular weight is 279 g/mol. The Hall–Kier alpha value is -1.43. The van der Waals surface area contributed by atoms with Gasteiger partial charge < -0.3 is 5.11 Å². The third-order valence-electron chi connectivity index (χ3n) is 2.73. The molecule has 4 nitrogen and oxygen atoms in total. The quantitative estimate of drug-likeness (QED) is 0.898. The summed E-state index contributed by atoms with van der Waals surface area (Å²) in [7, 11) is -3.63. The van der Waals surface area contributed by atoms with Gasteiger partial charge in [-0.25, -0.2) is 13.1 Å². The molecule has 0 fully saturated rings. The molecule has 102 valence electrons. The lowest BCUT2D eigenvalue weighted by atomic mass is 10.1. The van der Waals surface area contributed by atoms with Crippen LogP contribution in [-0.4, -0.2) is 25.7 Å². The molecule has 2 aromatic carbocycles. The van der Waals surface area contributed by atoms with Crippen LogP contribution in [0.1, 0.15) is 13.8 Å². The van der Waals surface area contributed by atoms with E-state index in [9.17, 15) is 13.5 Å². The third-order valence-corrected chi connectivity index (χ3v) is 4.19. The Labute approximate surface area is 113 Å². The highest BCUT2D eigenvalue weighted by molar-refractivity contribution is 7.89. The first-order valence-electron chi connectivity index (χ1n) is 5.99. The number of aliphatic hydroxyl groups is 1. The number of sulfonamides is 1. The van der Waals surface area contributed by atoms with Crippen molar-refractivity contribution in [2.45, 2.75) is 24.3 Å². The zero-order valence-corrected chi connectivity index (χ0v) is 11.7. The number of fused-ring (bicyclic) bond motifs is 1. The van der Waals surface area contributed by atoms with E-state index in [1.54, 1.807) is 38.1 Å². The van der Waals surface area contributed by atoms with Gasteiger partial charge in [-0.15, -0.1) is 0 Å². The molecule has 2 N–H and O–H groups in total. The van der Waals surface area contributed by atoms with E-state index in [2.05, 4.69) is 4.72 Å². The van der Waals surface area contributed by atoms with E-state index in [-0.39, 0.29) is 11.4 Å². The fourth-order valence-corrected chi connectivity index (χ4v) is 3.21. The van der Waals surface area contributed by atoms with Crippen LogP contribution in [0.2, 0.25) is 0 Å². The molecule has 0 heterocycles. The number of nitrogens with one attached hydrogen (secondary N) is 1. The molecule has 0 aliphatic rings. The molecule has 5 heteroatoms. The number of rotatable bonds is 4. The molecule has 0 radical (unpaired) electrons. The lowest BCUT2D eigenvalue weighted by Gasteiger charge is -2.18. The van der Waals surface area contributed by atoms with Crippen molar-refractivity contribution in [2.75, 3.05) is 6.54 Å². The lowest BCUT2D eigenvalue weighted by molar-refractivity contribution is 0.0857. The van der Waals surface area contributed by atoms with Crippen LogP contribution in [0.4, 0.5) is 0 Å². The summed E-state index contributed by atoms with van der Waals surface area (Å²) in [5, 5.41) is 11.2. The Morgan fingerprint density at radius 1 is 1.11 bits per heavy atom. The van der Waals surface area contributed by atoms with Crippen molar-refractivity contribution in [3.8, 4) is 0 Å². The normalized spacial score (nSPS) is 12.8. The van der Waals surface area contributed by atoms with Crippen LogP contribution < -0.4 is 4.72 Å². The first-order chi connectivity index (χ1) is 8.80. The van der Waals surface area contributed by atoms with Crippen molar-refractivity contribution < 1.29 is 13.5 Å². The van der Waals surface area contributed by atoms with Crippen molar-refractivity contribution in [3.63, 3.8) is 0 Å². The molecule has 19 heavy (non-hydrogen) atoms. The summed E-state index contributed by atoms with van der Waals surface area (Å²) in [6.07, 6.45) is 0. The molecular weight excluding hydrogens is 262 g/mol. The molecule has 2 aromatic rings. The van der Waals surface area contributed by atoms with Crippen LogP contribution in [0.3, 0.4) is 0 Å². The van der Waals surface area contributed by atoms with Crippen LogP contribution in [0.15, 0.2) is 47.4 Å². The smallest absolute Gasteiger partial charge is 0.241 e. The van der Waals surface area contributed by atoms with Gasteiger partial charge in [0.1, 0.15) is 0 Å². The fraction of sp³-hybridized carbons (Fsp3) is 0.286. The minimum Gasteiger partial charge on any atom is -0.389 e. The van der Waals surface area contributed by atoms with E-state index in [1.807, 2.05) is 18.2 Å². The molecule has 0 unspecified atom stereocenters. The van der Waals surface area contributed by atoms with E-state index in [4.69, 9.17) is 0 Å². The molecule has 0 atom stereocenters. The highest BCUT2D eigenvalue weighted by atomic mass is 32.2. The van der Waals surface area contributed by atoms with E-state index < -0.39 is 15.6 Å². The maximum atomic E-state index is 12.3. The van der Waals surface area contributed by atoms with Gasteiger partial charge in [0.15, 0.2) is 0 Å². The van der Waals surface area contributed by atoms with Gasteiger partial charge in [-0.05, 0) is 25.3 Å². The van der Waals surface area contributed by atoms with Crippen LogP contribution in [0.25, 0.3) is 10.8 Å². The molecule has 0 amide bonds. The molecule has 2 rings (SSSR count). The highest BCUT2D eigenvalue weighted by Crippen LogP contribution is 2.22. The topological polar surface area (TPSA) is 66.4 Å². The summed E-state index contributed by atoms with van der Waals surface area (Å²) >= 11 is 0. The summed E-state index contributed by atoms with van der Waals surface area (Å²) < 4.78 is 27.0. The van der Waals surface area contributed by atoms with Crippen LogP contribution in [0.5, 0.6) is 0 Å². The Balaban J connectivity index is 2.44. The van der Waals surface area contributed by atoms with Crippen LogP contribution in [-0.2, 0) is 10.0 Å². The van der Waals surface area contributed by atoms with Gasteiger partial charge in [0.2, 0.25) is 10.0 Å². The zero-order chi connectivity index (χ0) is 14.1. The summed E-state index contributed by atoms with van der Waals surface area (Å²) in [6.45, 7) is 3.08. The SMILES string of the molecule is CC(C)(O)CNS(=O)(=O)c1cccc2ccccc12. The van der Waals surface area contributed by atoms with Crippen molar-refractivity contribution >= 4 is 20.8 Å². The van der Waals surface area contributed by atoms with E-state index in [0.717, 1.165) is 5.39 Å². The molecule has 0 aromatic heterocycles. The fourth-order valence-electron chi connectivity index (χ4n) is 1.78. The number of hydrogen-bond acceptors (Lipinski definition) is 3. The van der Waals surface area contributed by atoms with Crippen molar-refractivity contribution in [1.29, 1.82) is 0 Å². The Morgan fingerprint density at radius 2 is 1.74 bits per heavy atom. The Bertz CT molecular complexity index is 682. The van der Waals surface area contributed by atoms with Gasteiger partial charge in [0, 0.05) is 11.9 Å². The number of benzene rings is 2. The second kappa shape index (κ2) is 4.92. The van der Waals surface area contributed by atoms with Crippen molar-refractivity contribution in [1.82, 2.24) is 4.72 Å². The highest BCUT2D eigenvalue weighted by Gasteiger charge is 2.21. The zero-order valence-electron chi connectivity index (χ0n) is 10.9. The van der Waals surface area contributed by atoms with Gasteiger partial charge in [-0.3, -0.25) is 0 Å². The number of hydrogen-bond donors (Lipinski definition) is 2. The summed E-state index contributed by atoms with van der Waals surface area (Å²) in [5.74, 6) is 0. The van der Waals surface area contributed by atoms with E-state index in [1.165, 1.54) is 0 Å². The average Bonchev–Trinajstić information content (AvgIpc) is 2.35. The molecule has 0 spiro atoms. The summed E-state index contributed by atoms with van der Waals surface area (Å²) in [5.41, 5.74) is -1.09. The van der Waals surface area contributed by atoms with Crippen molar-refractivity contribution in [3.05, 3.63) is 42.5 Å². The second-order valence-corrected chi connectivity index (χ2v) is 6.85. The predicted octanol–water partition coefficient (Wildman–Crippen LogP) is 1.89. The predicted molar refractivity (Wildman–Crippen MR) is 75.4 cm³/mol. The maximum absolute atomic E-state index is 12.3. The van der Waals surface area contributed by atoms with Crippen LogP contribution in [0, 0.1) is 0 Å². The Morgan fingerprint density at radius 3 is 2.42 bits per heavy atom. The Kier molecular flexibility index (Phi) is 3.62. The second-order valence-electron chi connectivity index (χ2n) is 5.11. The molecule has 0 saturated heterocycles. The molecule has 0 bridgehead atoms. The molecule has 0 saturated carbocycles. The van der Waals surface area contributed by atoms with Gasteiger partial charge in [-0.1, -0.05) is 36.4 Å². The minimum atomic E-state index is -3.63. The maximum Gasteiger partial charge on any atom is 0.241 e. The monoisotopic (exact) mass is 279 g/mol. The molecule has 0 aliphatic carbocycles. The van der Waals surface area contributed by atoms with Gasteiger partial charge in [0.05, 0.1) is 10.5 Å². The standard InChI is InChI=1S/C14H17NO3S/c1-14(2,16)10-15-19(17,18)13-9-5-7-11-6-3-4-8-12(11)13/h3-9,15-16H,10H2,1-2H3. The third kappa shape index (κ3) is 3.32. The minimum absolute atomic E-state index is 0.0292. The largest absolute Gasteiger partial charge is 0.389 e.